The monoisotopic (exact) mass is 525 g/mol. The lowest BCUT2D eigenvalue weighted by Crippen LogP contribution is -2.49. The van der Waals surface area contributed by atoms with Crippen molar-refractivity contribution in [2.75, 3.05) is 70.6 Å². The van der Waals surface area contributed by atoms with E-state index in [0.717, 1.165) is 67.3 Å². The van der Waals surface area contributed by atoms with Crippen LogP contribution in [0.1, 0.15) is 44.4 Å². The van der Waals surface area contributed by atoms with Gasteiger partial charge in [0, 0.05) is 18.8 Å². The number of thiophene rings is 1. The van der Waals surface area contributed by atoms with Gasteiger partial charge in [-0.25, -0.2) is 4.85 Å². The van der Waals surface area contributed by atoms with Gasteiger partial charge in [0.25, 0.3) is 0 Å². The number of azo groups is 1. The van der Waals surface area contributed by atoms with Crippen LogP contribution in [0.25, 0.3) is 4.85 Å². The molecule has 0 atom stereocenters. The molecule has 1 aromatic carbocycles. The van der Waals surface area contributed by atoms with Crippen LogP contribution in [0.15, 0.2) is 28.4 Å². The molecule has 0 saturated heterocycles. The average Bonchev–Trinajstić information content (AvgIpc) is 3.23. The molecular formula is C28H41N6O2S+. The van der Waals surface area contributed by atoms with Crippen LogP contribution in [0.3, 0.4) is 0 Å². The first kappa shape index (κ1) is 30.4. The van der Waals surface area contributed by atoms with Crippen molar-refractivity contribution in [3.8, 4) is 6.07 Å². The Morgan fingerprint density at radius 1 is 1.03 bits per heavy atom. The lowest BCUT2D eigenvalue weighted by Gasteiger charge is -2.35. The fraction of sp³-hybridized carbons (Fsp3) is 0.571. The number of ether oxygens (including phenoxy) is 2. The standard InChI is InChI=1S/C28H41N6O2S/c1-8-33(14-16-35-18-19-36-17-15-34(9-2,10-3)11-4)24-12-13-26(22(5)20-24)31-32-28-25(21-29)23(6)27(30-7)37-28/h12-13,20H,8-11,14-19H2,1-6H3/q+1. The number of quaternary nitrogens is 1. The summed E-state index contributed by atoms with van der Waals surface area (Å²) in [6.07, 6.45) is 0. The first-order valence-electron chi connectivity index (χ1n) is 13.1. The van der Waals surface area contributed by atoms with Crippen LogP contribution in [-0.2, 0) is 9.47 Å². The third-order valence-electron chi connectivity index (χ3n) is 7.09. The van der Waals surface area contributed by atoms with Crippen molar-refractivity contribution < 1.29 is 14.0 Å². The van der Waals surface area contributed by atoms with Gasteiger partial charge in [0.05, 0.1) is 63.9 Å². The third kappa shape index (κ3) is 8.34. The lowest BCUT2D eigenvalue weighted by atomic mass is 10.1. The second-order valence-corrected chi connectivity index (χ2v) is 9.90. The summed E-state index contributed by atoms with van der Waals surface area (Å²) in [6.45, 7) is 28.7. The molecule has 2 aromatic rings. The van der Waals surface area contributed by atoms with Gasteiger partial charge in [0.1, 0.15) is 17.6 Å². The molecule has 0 amide bonds. The number of rotatable bonds is 16. The fourth-order valence-corrected chi connectivity index (χ4v) is 5.08. The first-order chi connectivity index (χ1) is 17.9. The van der Waals surface area contributed by atoms with Crippen LogP contribution < -0.4 is 4.90 Å². The van der Waals surface area contributed by atoms with Crippen LogP contribution >= 0.6 is 11.3 Å². The molecule has 2 rings (SSSR count). The van der Waals surface area contributed by atoms with E-state index in [1.165, 1.54) is 11.3 Å². The fourth-order valence-electron chi connectivity index (χ4n) is 4.21. The van der Waals surface area contributed by atoms with Crippen molar-refractivity contribution in [2.24, 2.45) is 10.2 Å². The van der Waals surface area contributed by atoms with Crippen molar-refractivity contribution in [1.82, 2.24) is 0 Å². The molecule has 0 aliphatic carbocycles. The van der Waals surface area contributed by atoms with E-state index in [4.69, 9.17) is 16.0 Å². The highest BCUT2D eigenvalue weighted by Gasteiger charge is 2.19. The summed E-state index contributed by atoms with van der Waals surface area (Å²) in [4.78, 5) is 5.74. The molecule has 0 spiro atoms. The molecule has 8 nitrogen and oxygen atoms in total. The van der Waals surface area contributed by atoms with E-state index in [1.54, 1.807) is 6.92 Å². The van der Waals surface area contributed by atoms with Crippen LogP contribution in [-0.4, -0.2) is 70.2 Å². The highest BCUT2D eigenvalue weighted by molar-refractivity contribution is 7.20. The number of anilines is 1. The van der Waals surface area contributed by atoms with Crippen molar-refractivity contribution in [3.05, 3.63) is 46.3 Å². The molecule has 0 radical (unpaired) electrons. The minimum absolute atomic E-state index is 0.423. The number of likely N-dealkylation sites (N-methyl/N-ethyl adjacent to an activating group) is 2. The topological polar surface area (TPSA) is 74.6 Å². The van der Waals surface area contributed by atoms with Crippen molar-refractivity contribution in [2.45, 2.75) is 41.5 Å². The summed E-state index contributed by atoms with van der Waals surface area (Å²) in [5.74, 6) is 0. The Morgan fingerprint density at radius 2 is 1.70 bits per heavy atom. The van der Waals surface area contributed by atoms with E-state index in [2.05, 4.69) is 59.8 Å². The predicted molar refractivity (Wildman–Crippen MR) is 152 cm³/mol. The van der Waals surface area contributed by atoms with Gasteiger partial charge in [0.2, 0.25) is 5.00 Å². The molecule has 9 heteroatoms. The molecule has 0 aliphatic heterocycles. The van der Waals surface area contributed by atoms with E-state index in [-0.39, 0.29) is 0 Å². The molecule has 0 aliphatic rings. The highest BCUT2D eigenvalue weighted by Crippen LogP contribution is 2.41. The van der Waals surface area contributed by atoms with Crippen LogP contribution in [0.4, 0.5) is 21.4 Å². The summed E-state index contributed by atoms with van der Waals surface area (Å²) < 4.78 is 12.8. The molecule has 0 bridgehead atoms. The van der Waals surface area contributed by atoms with E-state index < -0.39 is 0 Å². The zero-order valence-electron chi connectivity index (χ0n) is 23.2. The first-order valence-corrected chi connectivity index (χ1v) is 13.9. The van der Waals surface area contributed by atoms with Gasteiger partial charge in [-0.3, -0.25) is 0 Å². The lowest BCUT2D eigenvalue weighted by molar-refractivity contribution is -0.923. The molecule has 0 fully saturated rings. The summed E-state index contributed by atoms with van der Waals surface area (Å²) in [7, 11) is 0. The molecular weight excluding hydrogens is 484 g/mol. The molecule has 1 aromatic heterocycles. The second-order valence-electron chi connectivity index (χ2n) is 8.93. The number of aryl methyl sites for hydroxylation is 1. The van der Waals surface area contributed by atoms with Crippen molar-refractivity contribution in [3.63, 3.8) is 0 Å². The average molecular weight is 526 g/mol. The SMILES string of the molecule is [C-]#[N+]c1sc(N=Nc2ccc(N(CC)CCOCCOCC[N+](CC)(CC)CC)cc2C)c(C#N)c1C. The summed E-state index contributed by atoms with van der Waals surface area (Å²) in [5.41, 5.74) is 3.93. The predicted octanol–water partition coefficient (Wildman–Crippen LogP) is 6.94. The molecule has 0 N–H and O–H groups in total. The normalized spacial score (nSPS) is 11.6. The van der Waals surface area contributed by atoms with Gasteiger partial charge in [-0.05, 0) is 70.9 Å². The van der Waals surface area contributed by atoms with Gasteiger partial charge < -0.3 is 18.9 Å². The Bertz CT molecular complexity index is 1100. The van der Waals surface area contributed by atoms with E-state index in [1.807, 2.05) is 19.1 Å². The Balaban J connectivity index is 1.85. The largest absolute Gasteiger partial charge is 0.377 e. The number of nitrogens with zero attached hydrogens (tertiary/aromatic N) is 6. The maximum atomic E-state index is 9.41. The number of nitriles is 1. The maximum Gasteiger partial charge on any atom is 0.247 e. The highest BCUT2D eigenvalue weighted by atomic mass is 32.1. The Labute approximate surface area is 226 Å². The number of hydrogen-bond donors (Lipinski definition) is 0. The van der Waals surface area contributed by atoms with Crippen LogP contribution in [0.2, 0.25) is 0 Å². The van der Waals surface area contributed by atoms with Gasteiger partial charge in [0.15, 0.2) is 0 Å². The van der Waals surface area contributed by atoms with Crippen molar-refractivity contribution >= 4 is 32.7 Å². The third-order valence-corrected chi connectivity index (χ3v) is 8.16. The zero-order chi connectivity index (χ0) is 27.3. The second kappa shape index (κ2) is 15.4. The van der Waals surface area contributed by atoms with Gasteiger partial charge in [-0.15, -0.1) is 21.6 Å². The quantitative estimate of drug-likeness (QED) is 0.103. The molecule has 0 unspecified atom stereocenters. The van der Waals surface area contributed by atoms with Crippen molar-refractivity contribution in [1.29, 1.82) is 5.26 Å². The Morgan fingerprint density at radius 3 is 2.27 bits per heavy atom. The van der Waals surface area contributed by atoms with E-state index in [0.29, 0.717) is 40.9 Å². The summed E-state index contributed by atoms with van der Waals surface area (Å²) in [6, 6.07) is 8.20. The van der Waals surface area contributed by atoms with Gasteiger partial charge in [-0.1, -0.05) is 0 Å². The smallest absolute Gasteiger partial charge is 0.247 e. The maximum absolute atomic E-state index is 9.41. The summed E-state index contributed by atoms with van der Waals surface area (Å²) in [5, 5.41) is 19.0. The van der Waals surface area contributed by atoms with E-state index in [9.17, 15) is 5.26 Å². The van der Waals surface area contributed by atoms with Gasteiger partial charge >= 0.3 is 0 Å². The minimum atomic E-state index is 0.423. The van der Waals surface area contributed by atoms with E-state index >= 15 is 0 Å². The zero-order valence-corrected chi connectivity index (χ0v) is 24.0. The van der Waals surface area contributed by atoms with Crippen LogP contribution in [0, 0.1) is 31.8 Å². The molecule has 1 heterocycles. The van der Waals surface area contributed by atoms with Crippen LogP contribution in [0.5, 0.6) is 0 Å². The van der Waals surface area contributed by atoms with Gasteiger partial charge in [-0.2, -0.15) is 5.26 Å². The minimum Gasteiger partial charge on any atom is -0.377 e. The Kier molecular flexibility index (Phi) is 12.7. The molecule has 200 valence electrons. The number of benzene rings is 1. The molecule has 0 saturated carbocycles. The Hall–Kier alpha value is -2.82. The number of hydrogen-bond acceptors (Lipinski definition) is 7. The molecule has 37 heavy (non-hydrogen) atoms. The summed E-state index contributed by atoms with van der Waals surface area (Å²) >= 11 is 1.20.